The molecular formula is C19H24N4O. The molecule has 3 fully saturated rings. The van der Waals surface area contributed by atoms with E-state index in [1.807, 2.05) is 16.7 Å². The first-order valence-corrected chi connectivity index (χ1v) is 9.09. The third-order valence-electron chi connectivity index (χ3n) is 6.04. The highest BCUT2D eigenvalue weighted by Gasteiger charge is 2.36. The summed E-state index contributed by atoms with van der Waals surface area (Å²) < 4.78 is 2.02. The molecule has 1 aromatic heterocycles. The zero-order valence-electron chi connectivity index (χ0n) is 14.3. The van der Waals surface area contributed by atoms with E-state index in [-0.39, 0.29) is 5.56 Å². The minimum absolute atomic E-state index is 0.168. The lowest BCUT2D eigenvalue weighted by Crippen LogP contribution is -2.49. The van der Waals surface area contributed by atoms with Crippen LogP contribution in [0.4, 0.5) is 11.4 Å². The van der Waals surface area contributed by atoms with Crippen molar-refractivity contribution in [1.82, 2.24) is 9.47 Å². The number of rotatable bonds is 2. The lowest BCUT2D eigenvalue weighted by atomic mass is 9.83. The van der Waals surface area contributed by atoms with E-state index < -0.39 is 0 Å². The van der Waals surface area contributed by atoms with Crippen LogP contribution < -0.4 is 16.0 Å². The maximum absolute atomic E-state index is 13.2. The Kier molecular flexibility index (Phi) is 2.98. The minimum Gasteiger partial charge on any atom is -0.308 e. The summed E-state index contributed by atoms with van der Waals surface area (Å²) in [5, 5.41) is 4.09. The number of piperidine rings is 3. The molecule has 0 amide bonds. The molecule has 0 radical (unpaired) electrons. The first-order valence-electron chi connectivity index (χ1n) is 9.09. The molecule has 1 aromatic carbocycles. The summed E-state index contributed by atoms with van der Waals surface area (Å²) >= 11 is 0. The van der Waals surface area contributed by atoms with E-state index in [1.165, 1.54) is 25.9 Å². The van der Waals surface area contributed by atoms with Crippen LogP contribution in [0.25, 0.3) is 10.8 Å². The van der Waals surface area contributed by atoms with Gasteiger partial charge in [0.25, 0.3) is 5.56 Å². The van der Waals surface area contributed by atoms with Gasteiger partial charge in [-0.3, -0.25) is 15.2 Å². The van der Waals surface area contributed by atoms with Crippen LogP contribution in [0.2, 0.25) is 0 Å². The Morgan fingerprint density at radius 1 is 1.21 bits per heavy atom. The van der Waals surface area contributed by atoms with Crippen LogP contribution in [0.3, 0.4) is 0 Å². The highest BCUT2D eigenvalue weighted by atomic mass is 16.1. The second-order valence-electron chi connectivity index (χ2n) is 7.74. The van der Waals surface area contributed by atoms with Gasteiger partial charge >= 0.3 is 0 Å². The van der Waals surface area contributed by atoms with E-state index in [4.69, 9.17) is 0 Å². The number of aromatic nitrogens is 1. The van der Waals surface area contributed by atoms with Gasteiger partial charge in [-0.2, -0.15) is 0 Å². The molecule has 126 valence electrons. The van der Waals surface area contributed by atoms with Gasteiger partial charge in [-0.15, -0.1) is 0 Å². The SMILES string of the molecule is CC(C)N1Nc2cn([C@H]3CN4CCC3CC4)c(=O)c3cccc1c23. The number of fused-ring (bicyclic) bond motifs is 3. The summed E-state index contributed by atoms with van der Waals surface area (Å²) in [6.45, 7) is 7.73. The van der Waals surface area contributed by atoms with E-state index >= 15 is 0 Å². The van der Waals surface area contributed by atoms with Gasteiger partial charge in [0.2, 0.25) is 0 Å². The molecule has 5 heterocycles. The van der Waals surface area contributed by atoms with Crippen molar-refractivity contribution in [1.29, 1.82) is 0 Å². The summed E-state index contributed by atoms with van der Waals surface area (Å²) in [4.78, 5) is 15.7. The Balaban J connectivity index is 1.68. The lowest BCUT2D eigenvalue weighted by Gasteiger charge is -2.45. The molecule has 5 heteroatoms. The molecule has 0 aliphatic carbocycles. The third kappa shape index (κ3) is 1.88. The Labute approximate surface area is 141 Å². The van der Waals surface area contributed by atoms with Crippen molar-refractivity contribution in [2.45, 2.75) is 38.8 Å². The Morgan fingerprint density at radius 2 is 2.00 bits per heavy atom. The summed E-state index contributed by atoms with van der Waals surface area (Å²) in [5.74, 6) is 0.642. The molecule has 2 bridgehead atoms. The largest absolute Gasteiger partial charge is 0.308 e. The number of nitrogens with zero attached hydrogens (tertiary/aromatic N) is 3. The summed E-state index contributed by atoms with van der Waals surface area (Å²) in [6, 6.07) is 6.74. The Bertz CT molecular complexity index is 864. The maximum atomic E-state index is 13.2. The molecule has 0 saturated carbocycles. The summed E-state index contributed by atoms with van der Waals surface area (Å²) in [7, 11) is 0. The van der Waals surface area contributed by atoms with Crippen molar-refractivity contribution < 1.29 is 0 Å². The van der Waals surface area contributed by atoms with Crippen LogP contribution in [0.1, 0.15) is 32.7 Å². The van der Waals surface area contributed by atoms with Gasteiger partial charge in [-0.05, 0) is 57.8 Å². The van der Waals surface area contributed by atoms with Gasteiger partial charge in [0.05, 0.1) is 22.8 Å². The van der Waals surface area contributed by atoms with Crippen molar-refractivity contribution >= 4 is 22.1 Å². The molecule has 2 aromatic rings. The molecule has 5 nitrogen and oxygen atoms in total. The van der Waals surface area contributed by atoms with Gasteiger partial charge in [0, 0.05) is 24.2 Å². The van der Waals surface area contributed by atoms with E-state index in [1.54, 1.807) is 0 Å². The molecule has 0 spiro atoms. The van der Waals surface area contributed by atoms with Gasteiger partial charge < -0.3 is 9.47 Å². The highest BCUT2D eigenvalue weighted by Crippen LogP contribution is 2.40. The van der Waals surface area contributed by atoms with E-state index in [9.17, 15) is 4.79 Å². The van der Waals surface area contributed by atoms with Gasteiger partial charge in [-0.25, -0.2) is 0 Å². The van der Waals surface area contributed by atoms with Crippen molar-refractivity contribution in [2.75, 3.05) is 30.1 Å². The molecular weight excluding hydrogens is 300 g/mol. The first-order chi connectivity index (χ1) is 11.6. The Hall–Kier alpha value is -2.01. The van der Waals surface area contributed by atoms with E-state index in [0.29, 0.717) is 18.0 Å². The van der Waals surface area contributed by atoms with Crippen molar-refractivity contribution in [2.24, 2.45) is 5.92 Å². The van der Waals surface area contributed by atoms with Crippen LogP contribution in [0.15, 0.2) is 29.2 Å². The van der Waals surface area contributed by atoms with Crippen molar-refractivity contribution in [3.05, 3.63) is 34.7 Å². The topological polar surface area (TPSA) is 40.5 Å². The minimum atomic E-state index is 0.168. The average molecular weight is 324 g/mol. The third-order valence-corrected chi connectivity index (χ3v) is 6.04. The highest BCUT2D eigenvalue weighted by molar-refractivity contribution is 6.06. The number of benzene rings is 1. The van der Waals surface area contributed by atoms with Crippen LogP contribution in [0.5, 0.6) is 0 Å². The van der Waals surface area contributed by atoms with Gasteiger partial charge in [0.15, 0.2) is 0 Å². The fourth-order valence-electron chi connectivity index (χ4n) is 4.78. The Morgan fingerprint density at radius 3 is 2.67 bits per heavy atom. The monoisotopic (exact) mass is 324 g/mol. The zero-order valence-corrected chi connectivity index (χ0v) is 14.3. The van der Waals surface area contributed by atoms with Crippen molar-refractivity contribution in [3.8, 4) is 0 Å². The smallest absolute Gasteiger partial charge is 0.258 e. The predicted molar refractivity (Wildman–Crippen MR) is 97.6 cm³/mol. The molecule has 4 aliphatic heterocycles. The van der Waals surface area contributed by atoms with E-state index in [2.05, 4.69) is 41.4 Å². The molecule has 3 saturated heterocycles. The fraction of sp³-hybridized carbons (Fsp3) is 0.526. The average Bonchev–Trinajstić information content (AvgIpc) is 2.99. The standard InChI is InChI=1S/C19H24N4O/c1-12(2)23-16-5-3-4-14-18(16)15(20-23)10-22(19(14)24)17-11-21-8-6-13(17)7-9-21/h3-5,10,12-13,17,20H,6-9,11H2,1-2H3/t17-/m0/s1. The quantitative estimate of drug-likeness (QED) is 0.922. The maximum Gasteiger partial charge on any atom is 0.258 e. The number of nitrogens with one attached hydrogen (secondary N) is 1. The molecule has 6 rings (SSSR count). The fourth-order valence-corrected chi connectivity index (χ4v) is 4.78. The molecule has 24 heavy (non-hydrogen) atoms. The van der Waals surface area contributed by atoms with Crippen LogP contribution in [0, 0.1) is 5.92 Å². The normalized spacial score (nSPS) is 28.0. The van der Waals surface area contributed by atoms with Crippen LogP contribution in [-0.4, -0.2) is 35.1 Å². The second kappa shape index (κ2) is 4.99. The predicted octanol–water partition coefficient (Wildman–Crippen LogP) is 2.82. The number of hydrazine groups is 1. The summed E-state index contributed by atoms with van der Waals surface area (Å²) in [6.07, 6.45) is 4.51. The number of anilines is 2. The van der Waals surface area contributed by atoms with Crippen LogP contribution in [-0.2, 0) is 0 Å². The van der Waals surface area contributed by atoms with Crippen LogP contribution >= 0.6 is 0 Å². The van der Waals surface area contributed by atoms with Gasteiger partial charge in [0.1, 0.15) is 0 Å². The first kappa shape index (κ1) is 14.3. The molecule has 1 atom stereocenters. The number of hydrogen-bond donors (Lipinski definition) is 1. The van der Waals surface area contributed by atoms with E-state index in [0.717, 1.165) is 28.7 Å². The second-order valence-corrected chi connectivity index (χ2v) is 7.74. The number of pyridine rings is 1. The van der Waals surface area contributed by atoms with Gasteiger partial charge in [-0.1, -0.05) is 6.07 Å². The zero-order chi connectivity index (χ0) is 16.4. The number of hydrogen-bond acceptors (Lipinski definition) is 4. The molecule has 0 unspecified atom stereocenters. The summed E-state index contributed by atoms with van der Waals surface area (Å²) in [5.41, 5.74) is 5.88. The molecule has 1 N–H and O–H groups in total. The van der Waals surface area contributed by atoms with Crippen molar-refractivity contribution in [3.63, 3.8) is 0 Å². The molecule has 4 aliphatic rings. The lowest BCUT2D eigenvalue weighted by molar-refractivity contribution is 0.0557.